The Balaban J connectivity index is 2.97. The third kappa shape index (κ3) is 3.50. The smallest absolute Gasteiger partial charge is 0.317 e. The van der Waals surface area contributed by atoms with Crippen LogP contribution in [0.2, 0.25) is 0 Å². The standard InChI is InChI=1S/C13H17F2NO2/c1-8(2)16(7-13(17)18)9(3)10-4-5-11(14)12(15)6-10/h4-6,8-9H,7H2,1-3H3,(H,17,18). The van der Waals surface area contributed by atoms with Crippen LogP contribution in [0.15, 0.2) is 18.2 Å². The Hall–Kier alpha value is -1.49. The van der Waals surface area contributed by atoms with Gasteiger partial charge in [0, 0.05) is 12.1 Å². The van der Waals surface area contributed by atoms with Crippen LogP contribution in [0.4, 0.5) is 8.78 Å². The van der Waals surface area contributed by atoms with Crippen LogP contribution in [0.1, 0.15) is 32.4 Å². The molecule has 0 aromatic heterocycles. The molecule has 0 amide bonds. The van der Waals surface area contributed by atoms with E-state index >= 15 is 0 Å². The molecule has 0 radical (unpaired) electrons. The summed E-state index contributed by atoms with van der Waals surface area (Å²) >= 11 is 0. The van der Waals surface area contributed by atoms with Crippen LogP contribution in [0.5, 0.6) is 0 Å². The van der Waals surface area contributed by atoms with Crippen molar-refractivity contribution in [3.05, 3.63) is 35.4 Å². The number of carboxylic acids is 1. The fourth-order valence-corrected chi connectivity index (χ4v) is 1.89. The number of benzene rings is 1. The first-order chi connectivity index (χ1) is 8.32. The molecule has 5 heteroatoms. The van der Waals surface area contributed by atoms with Crippen molar-refractivity contribution in [2.75, 3.05) is 6.54 Å². The Morgan fingerprint density at radius 1 is 1.28 bits per heavy atom. The summed E-state index contributed by atoms with van der Waals surface area (Å²) in [6.07, 6.45) is 0. The minimum absolute atomic E-state index is 0.00999. The average molecular weight is 257 g/mol. The number of nitrogens with zero attached hydrogens (tertiary/aromatic N) is 1. The Labute approximate surface area is 105 Å². The minimum Gasteiger partial charge on any atom is -0.480 e. The lowest BCUT2D eigenvalue weighted by atomic mass is 10.1. The van der Waals surface area contributed by atoms with Gasteiger partial charge in [0.05, 0.1) is 6.54 Å². The van der Waals surface area contributed by atoms with E-state index in [1.165, 1.54) is 6.07 Å². The molecule has 0 aliphatic heterocycles. The fraction of sp³-hybridized carbons (Fsp3) is 0.462. The van der Waals surface area contributed by atoms with Crippen molar-refractivity contribution in [3.8, 4) is 0 Å². The third-order valence-corrected chi connectivity index (χ3v) is 2.90. The van der Waals surface area contributed by atoms with Crippen molar-refractivity contribution in [1.29, 1.82) is 0 Å². The molecular formula is C13H17F2NO2. The molecule has 1 aromatic carbocycles. The van der Waals surface area contributed by atoms with Gasteiger partial charge in [-0.25, -0.2) is 8.78 Å². The summed E-state index contributed by atoms with van der Waals surface area (Å²) < 4.78 is 26.0. The van der Waals surface area contributed by atoms with E-state index in [9.17, 15) is 13.6 Å². The van der Waals surface area contributed by atoms with E-state index in [1.54, 1.807) is 11.8 Å². The maximum Gasteiger partial charge on any atom is 0.317 e. The molecule has 0 spiro atoms. The van der Waals surface area contributed by atoms with Crippen LogP contribution in [-0.4, -0.2) is 28.6 Å². The van der Waals surface area contributed by atoms with E-state index in [0.29, 0.717) is 5.56 Å². The normalized spacial score (nSPS) is 13.1. The predicted octanol–water partition coefficient (Wildman–Crippen LogP) is 2.82. The van der Waals surface area contributed by atoms with Gasteiger partial charge in [0.25, 0.3) is 0 Å². The number of aliphatic carboxylic acids is 1. The first-order valence-corrected chi connectivity index (χ1v) is 5.75. The molecule has 1 atom stereocenters. The lowest BCUT2D eigenvalue weighted by molar-refractivity contribution is -0.139. The zero-order chi connectivity index (χ0) is 13.9. The molecule has 1 N–H and O–H groups in total. The topological polar surface area (TPSA) is 40.5 Å². The largest absolute Gasteiger partial charge is 0.480 e. The molecule has 3 nitrogen and oxygen atoms in total. The van der Waals surface area contributed by atoms with Crippen LogP contribution < -0.4 is 0 Å². The number of carbonyl (C=O) groups is 1. The van der Waals surface area contributed by atoms with E-state index in [1.807, 2.05) is 13.8 Å². The molecule has 1 aromatic rings. The van der Waals surface area contributed by atoms with Crippen LogP contribution >= 0.6 is 0 Å². The Morgan fingerprint density at radius 2 is 1.89 bits per heavy atom. The second-order valence-corrected chi connectivity index (χ2v) is 4.51. The van der Waals surface area contributed by atoms with Gasteiger partial charge in [-0.3, -0.25) is 9.69 Å². The minimum atomic E-state index is -0.946. The molecule has 100 valence electrons. The second-order valence-electron chi connectivity index (χ2n) is 4.51. The van der Waals surface area contributed by atoms with Gasteiger partial charge in [0.2, 0.25) is 0 Å². The average Bonchev–Trinajstić information content (AvgIpc) is 2.28. The zero-order valence-electron chi connectivity index (χ0n) is 10.7. The monoisotopic (exact) mass is 257 g/mol. The van der Waals surface area contributed by atoms with Crippen LogP contribution in [-0.2, 0) is 4.79 Å². The highest BCUT2D eigenvalue weighted by Crippen LogP contribution is 2.23. The van der Waals surface area contributed by atoms with Crippen LogP contribution in [0, 0.1) is 11.6 Å². The highest BCUT2D eigenvalue weighted by Gasteiger charge is 2.22. The molecule has 18 heavy (non-hydrogen) atoms. The van der Waals surface area contributed by atoms with Gasteiger partial charge in [-0.1, -0.05) is 6.07 Å². The van der Waals surface area contributed by atoms with Gasteiger partial charge in [0.15, 0.2) is 11.6 Å². The highest BCUT2D eigenvalue weighted by molar-refractivity contribution is 5.69. The maximum atomic E-state index is 13.2. The first-order valence-electron chi connectivity index (χ1n) is 5.75. The van der Waals surface area contributed by atoms with Gasteiger partial charge < -0.3 is 5.11 Å². The van der Waals surface area contributed by atoms with Crippen molar-refractivity contribution in [3.63, 3.8) is 0 Å². The molecule has 0 saturated heterocycles. The summed E-state index contributed by atoms with van der Waals surface area (Å²) in [6, 6.07) is 3.33. The summed E-state index contributed by atoms with van der Waals surface area (Å²) in [5.74, 6) is -2.77. The summed E-state index contributed by atoms with van der Waals surface area (Å²) in [4.78, 5) is 12.5. The van der Waals surface area contributed by atoms with Gasteiger partial charge in [-0.05, 0) is 38.5 Å². The van der Waals surface area contributed by atoms with Gasteiger partial charge in [0.1, 0.15) is 0 Å². The molecule has 0 aliphatic rings. The molecule has 0 aliphatic carbocycles. The Morgan fingerprint density at radius 3 is 2.33 bits per heavy atom. The molecule has 0 bridgehead atoms. The predicted molar refractivity (Wildman–Crippen MR) is 64.3 cm³/mol. The SMILES string of the molecule is CC(C)N(CC(=O)O)C(C)c1ccc(F)c(F)c1. The number of hydrogen-bond donors (Lipinski definition) is 1. The third-order valence-electron chi connectivity index (χ3n) is 2.90. The maximum absolute atomic E-state index is 13.2. The van der Waals surface area contributed by atoms with E-state index in [0.717, 1.165) is 12.1 Å². The van der Waals surface area contributed by atoms with Crippen molar-refractivity contribution >= 4 is 5.97 Å². The van der Waals surface area contributed by atoms with E-state index < -0.39 is 17.6 Å². The Bertz CT molecular complexity index is 435. The zero-order valence-corrected chi connectivity index (χ0v) is 10.7. The summed E-state index contributed by atoms with van der Waals surface area (Å²) in [6.45, 7) is 5.35. The molecule has 0 saturated carbocycles. The van der Waals surface area contributed by atoms with E-state index in [-0.39, 0.29) is 18.6 Å². The van der Waals surface area contributed by atoms with Crippen molar-refractivity contribution in [2.24, 2.45) is 0 Å². The fourth-order valence-electron chi connectivity index (χ4n) is 1.89. The molecule has 0 fully saturated rings. The lowest BCUT2D eigenvalue weighted by Crippen LogP contribution is -2.37. The van der Waals surface area contributed by atoms with Crippen molar-refractivity contribution < 1.29 is 18.7 Å². The van der Waals surface area contributed by atoms with Crippen molar-refractivity contribution in [2.45, 2.75) is 32.9 Å². The lowest BCUT2D eigenvalue weighted by Gasteiger charge is -2.31. The Kier molecular flexibility index (Phi) is 4.78. The molecule has 1 unspecified atom stereocenters. The van der Waals surface area contributed by atoms with Gasteiger partial charge in [-0.15, -0.1) is 0 Å². The second kappa shape index (κ2) is 5.91. The summed E-state index contributed by atoms with van der Waals surface area (Å²) in [7, 11) is 0. The summed E-state index contributed by atoms with van der Waals surface area (Å²) in [5.41, 5.74) is 0.559. The molecule has 1 rings (SSSR count). The number of carboxylic acid groups (broad SMARTS) is 1. The highest BCUT2D eigenvalue weighted by atomic mass is 19.2. The summed E-state index contributed by atoms with van der Waals surface area (Å²) in [5, 5.41) is 8.85. The number of halogens is 2. The van der Waals surface area contributed by atoms with Crippen LogP contribution in [0.25, 0.3) is 0 Å². The van der Waals surface area contributed by atoms with E-state index in [2.05, 4.69) is 0 Å². The van der Waals surface area contributed by atoms with Gasteiger partial charge in [-0.2, -0.15) is 0 Å². The number of rotatable bonds is 5. The van der Waals surface area contributed by atoms with Gasteiger partial charge >= 0.3 is 5.97 Å². The molecule has 0 heterocycles. The van der Waals surface area contributed by atoms with Crippen LogP contribution in [0.3, 0.4) is 0 Å². The first kappa shape index (κ1) is 14.6. The van der Waals surface area contributed by atoms with Crippen molar-refractivity contribution in [1.82, 2.24) is 4.90 Å². The van der Waals surface area contributed by atoms with E-state index in [4.69, 9.17) is 5.11 Å². The quantitative estimate of drug-likeness (QED) is 0.881. The number of hydrogen-bond acceptors (Lipinski definition) is 2. The molecular weight excluding hydrogens is 240 g/mol.